The molecule has 7 rings (SSSR count). The van der Waals surface area contributed by atoms with Crippen LogP contribution in [-0.2, 0) is 4.74 Å². The highest BCUT2D eigenvalue weighted by atomic mass is 16.5. The van der Waals surface area contributed by atoms with Crippen molar-refractivity contribution in [3.8, 4) is 0 Å². The van der Waals surface area contributed by atoms with Gasteiger partial charge in [-0.3, -0.25) is 19.2 Å². The van der Waals surface area contributed by atoms with Crippen molar-refractivity contribution in [3.63, 3.8) is 0 Å². The summed E-state index contributed by atoms with van der Waals surface area (Å²) in [5.41, 5.74) is 3.56. The predicted octanol–water partition coefficient (Wildman–Crippen LogP) is 6.08. The van der Waals surface area contributed by atoms with Gasteiger partial charge in [0.25, 0.3) is 23.6 Å². The number of carbonyl (C=O) groups is 5. The molecule has 0 atom stereocenters. The van der Waals surface area contributed by atoms with E-state index in [4.69, 9.17) is 4.74 Å². The Labute approximate surface area is 239 Å². The lowest BCUT2D eigenvalue weighted by Gasteiger charge is -2.32. The fourth-order valence-corrected chi connectivity index (χ4v) is 5.73. The molecule has 0 spiro atoms. The molecular weight excluding hydrogens is 532 g/mol. The Hall–Kier alpha value is -5.89. The minimum atomic E-state index is -0.689. The van der Waals surface area contributed by atoms with E-state index in [1.165, 1.54) is 48.5 Å². The van der Waals surface area contributed by atoms with Gasteiger partial charge in [0.05, 0.1) is 23.2 Å². The highest BCUT2D eigenvalue weighted by Gasteiger charge is 2.40. The number of anilines is 2. The van der Waals surface area contributed by atoms with Gasteiger partial charge >= 0.3 is 5.97 Å². The van der Waals surface area contributed by atoms with Crippen molar-refractivity contribution < 1.29 is 28.7 Å². The molecule has 0 unspecified atom stereocenters. The van der Waals surface area contributed by atoms with Crippen LogP contribution < -0.4 is 9.80 Å². The van der Waals surface area contributed by atoms with Gasteiger partial charge in [0.15, 0.2) is 0 Å². The van der Waals surface area contributed by atoms with Gasteiger partial charge in [0.2, 0.25) is 0 Å². The quantitative estimate of drug-likeness (QED) is 0.169. The molecule has 4 aromatic carbocycles. The van der Waals surface area contributed by atoms with Crippen molar-refractivity contribution in [2.45, 2.75) is 6.42 Å². The van der Waals surface area contributed by atoms with E-state index in [0.717, 1.165) is 33.6 Å². The lowest BCUT2D eigenvalue weighted by atomic mass is 9.85. The van der Waals surface area contributed by atoms with Gasteiger partial charge in [0.1, 0.15) is 0 Å². The maximum Gasteiger partial charge on any atom is 0.342 e. The number of esters is 1. The Bertz CT molecular complexity index is 1930. The maximum absolute atomic E-state index is 13.7. The van der Waals surface area contributed by atoms with E-state index in [1.807, 2.05) is 18.2 Å². The second-order valence-electron chi connectivity index (χ2n) is 9.93. The first-order valence-electron chi connectivity index (χ1n) is 13.2. The molecule has 42 heavy (non-hydrogen) atoms. The minimum absolute atomic E-state index is 0.129. The third-order valence-corrected chi connectivity index (χ3v) is 7.66. The number of imide groups is 2. The number of benzene rings is 4. The summed E-state index contributed by atoms with van der Waals surface area (Å²) in [4.78, 5) is 69.2. The highest BCUT2D eigenvalue weighted by Crippen LogP contribution is 2.40. The molecule has 1 aliphatic carbocycles. The zero-order valence-corrected chi connectivity index (χ0v) is 22.0. The van der Waals surface area contributed by atoms with Gasteiger partial charge in [0, 0.05) is 33.0 Å². The zero-order valence-electron chi connectivity index (χ0n) is 22.0. The lowest BCUT2D eigenvalue weighted by Crippen LogP contribution is -2.43. The summed E-state index contributed by atoms with van der Waals surface area (Å²) >= 11 is 0. The van der Waals surface area contributed by atoms with Crippen molar-refractivity contribution in [2.75, 3.05) is 9.80 Å². The van der Waals surface area contributed by atoms with Crippen molar-refractivity contribution in [1.29, 1.82) is 0 Å². The first-order valence-corrected chi connectivity index (χ1v) is 13.2. The maximum atomic E-state index is 13.7. The SMILES string of the molecule is C=COC(=O)c1cccc(N2C(=O)c3ccc4c5c(ccc(c35)C2=O)C(=O)N(c2ccc(C3=CCC=C3)cc2)C4=O)c1. The molecule has 4 amide bonds. The van der Waals surface area contributed by atoms with Crippen molar-refractivity contribution in [1.82, 2.24) is 0 Å². The number of ether oxygens (including phenoxy) is 1. The topological polar surface area (TPSA) is 101 Å². The smallest absolute Gasteiger partial charge is 0.342 e. The number of rotatable bonds is 5. The third-order valence-electron chi connectivity index (χ3n) is 7.66. The molecule has 0 aromatic heterocycles. The van der Waals surface area contributed by atoms with E-state index in [0.29, 0.717) is 5.69 Å². The van der Waals surface area contributed by atoms with Crippen molar-refractivity contribution in [2.24, 2.45) is 0 Å². The zero-order chi connectivity index (χ0) is 29.1. The fourth-order valence-electron chi connectivity index (χ4n) is 5.73. The number of nitrogens with zero attached hydrogens (tertiary/aromatic N) is 2. The molecular formula is C34H20N2O6. The predicted molar refractivity (Wildman–Crippen MR) is 156 cm³/mol. The molecule has 8 nitrogen and oxygen atoms in total. The summed E-state index contributed by atoms with van der Waals surface area (Å²) in [5.74, 6) is -3.05. The van der Waals surface area contributed by atoms with Crippen molar-refractivity contribution >= 4 is 57.3 Å². The van der Waals surface area contributed by atoms with E-state index in [9.17, 15) is 24.0 Å². The minimum Gasteiger partial charge on any atom is -0.432 e. The molecule has 0 N–H and O–H groups in total. The van der Waals surface area contributed by atoms with Gasteiger partial charge in [-0.25, -0.2) is 14.6 Å². The Morgan fingerprint density at radius 2 is 1.26 bits per heavy atom. The Morgan fingerprint density at radius 3 is 1.76 bits per heavy atom. The van der Waals surface area contributed by atoms with Crippen LogP contribution in [0.1, 0.15) is 63.8 Å². The molecule has 202 valence electrons. The van der Waals surface area contributed by atoms with E-state index < -0.39 is 29.6 Å². The van der Waals surface area contributed by atoms with Crippen LogP contribution in [0, 0.1) is 0 Å². The Balaban J connectivity index is 1.30. The van der Waals surface area contributed by atoms with E-state index >= 15 is 0 Å². The second kappa shape index (κ2) is 9.35. The Kier molecular flexibility index (Phi) is 5.59. The first kappa shape index (κ1) is 25.1. The van der Waals surface area contributed by atoms with Gasteiger partial charge < -0.3 is 4.74 Å². The summed E-state index contributed by atoms with van der Waals surface area (Å²) in [6.07, 6.45) is 8.04. The molecule has 8 heteroatoms. The van der Waals surface area contributed by atoms with Gasteiger partial charge in [-0.05, 0) is 72.2 Å². The summed E-state index contributed by atoms with van der Waals surface area (Å²) in [7, 11) is 0. The van der Waals surface area contributed by atoms with Crippen LogP contribution in [0.5, 0.6) is 0 Å². The van der Waals surface area contributed by atoms with E-state index in [2.05, 4.69) is 18.7 Å². The molecule has 2 aliphatic heterocycles. The van der Waals surface area contributed by atoms with Crippen LogP contribution in [0.2, 0.25) is 0 Å². The fraction of sp³-hybridized carbons (Fsp3) is 0.0294. The molecule has 4 aromatic rings. The summed E-state index contributed by atoms with van der Waals surface area (Å²) < 4.78 is 4.83. The average Bonchev–Trinajstić information content (AvgIpc) is 3.55. The number of hydrogen-bond donors (Lipinski definition) is 0. The van der Waals surface area contributed by atoms with Crippen LogP contribution >= 0.6 is 0 Å². The van der Waals surface area contributed by atoms with Crippen molar-refractivity contribution in [3.05, 3.63) is 137 Å². The van der Waals surface area contributed by atoms with Crippen LogP contribution in [0.25, 0.3) is 16.3 Å². The summed E-state index contributed by atoms with van der Waals surface area (Å²) in [5, 5.41) is 0.536. The second-order valence-corrected chi connectivity index (χ2v) is 9.93. The molecule has 0 radical (unpaired) electrons. The van der Waals surface area contributed by atoms with Gasteiger partial charge in [-0.15, -0.1) is 0 Å². The van der Waals surface area contributed by atoms with Crippen LogP contribution in [0.4, 0.5) is 11.4 Å². The average molecular weight is 553 g/mol. The lowest BCUT2D eigenvalue weighted by molar-refractivity contribution is 0.0662. The van der Waals surface area contributed by atoms with E-state index in [1.54, 1.807) is 12.1 Å². The molecule has 0 saturated carbocycles. The molecule has 0 saturated heterocycles. The number of amides is 4. The van der Waals surface area contributed by atoms with E-state index in [-0.39, 0.29) is 44.3 Å². The molecule has 3 aliphatic rings. The standard InChI is InChI=1S/C34H20N2O6/c1-2-42-34(41)21-8-5-9-23(18-21)36-32(39)26-16-14-24-28-25(15-17-27(29(26)28)33(36)40)31(38)35(30(24)37)22-12-10-20(11-13-22)19-6-3-4-7-19/h2-3,5-18H,1,4H2. The number of hydrogen-bond acceptors (Lipinski definition) is 6. The van der Waals surface area contributed by atoms with Crippen LogP contribution in [0.15, 0.2) is 104 Å². The normalized spacial score (nSPS) is 15.4. The first-order chi connectivity index (χ1) is 20.4. The van der Waals surface area contributed by atoms with Gasteiger partial charge in [-0.1, -0.05) is 43.0 Å². The van der Waals surface area contributed by atoms with Crippen LogP contribution in [0.3, 0.4) is 0 Å². The number of allylic oxidation sites excluding steroid dienone is 4. The summed E-state index contributed by atoms with van der Waals surface area (Å²) in [6.45, 7) is 3.37. The van der Waals surface area contributed by atoms with Crippen LogP contribution in [-0.4, -0.2) is 29.6 Å². The Morgan fingerprint density at radius 1 is 0.714 bits per heavy atom. The van der Waals surface area contributed by atoms with Gasteiger partial charge in [-0.2, -0.15) is 0 Å². The summed E-state index contributed by atoms with van der Waals surface area (Å²) in [6, 6.07) is 19.2. The monoisotopic (exact) mass is 552 g/mol. The highest BCUT2D eigenvalue weighted by molar-refractivity contribution is 6.42. The molecule has 0 fully saturated rings. The molecule has 2 heterocycles. The number of carbonyl (C=O) groups excluding carboxylic acids is 5. The molecule has 0 bridgehead atoms. The largest absolute Gasteiger partial charge is 0.432 e. The third kappa shape index (κ3) is 3.59.